The number of halogens is 2. The second-order valence-electron chi connectivity index (χ2n) is 9.64. The van der Waals surface area contributed by atoms with Gasteiger partial charge in [-0.15, -0.1) is 0 Å². The number of quaternary nitrogens is 1. The summed E-state index contributed by atoms with van der Waals surface area (Å²) in [7, 11) is -4.01. The topological polar surface area (TPSA) is 84.5 Å². The number of nitrogens with zero attached hydrogens (tertiary/aromatic N) is 1. The van der Waals surface area contributed by atoms with Crippen LogP contribution in [-0.4, -0.2) is 56.5 Å². The van der Waals surface area contributed by atoms with Crippen LogP contribution in [0.5, 0.6) is 5.75 Å². The molecule has 1 amide bonds. The van der Waals surface area contributed by atoms with Crippen LogP contribution in [0.1, 0.15) is 54.1 Å². The minimum atomic E-state index is -4.01. The summed E-state index contributed by atoms with van der Waals surface area (Å²) in [4.78, 5) is 13.0. The van der Waals surface area contributed by atoms with Crippen molar-refractivity contribution in [1.82, 2.24) is 10.0 Å². The van der Waals surface area contributed by atoms with E-state index in [1.807, 2.05) is 26.0 Å². The maximum absolute atomic E-state index is 13.9. The predicted molar refractivity (Wildman–Crippen MR) is 143 cm³/mol. The Morgan fingerprint density at radius 3 is 2.31 bits per heavy atom. The molecule has 0 radical (unpaired) electrons. The molecule has 196 valence electrons. The van der Waals surface area contributed by atoms with Gasteiger partial charge in [0, 0.05) is 49.9 Å². The Morgan fingerprint density at radius 2 is 1.69 bits per heavy atom. The van der Waals surface area contributed by atoms with Crippen molar-refractivity contribution in [3.05, 3.63) is 63.1 Å². The molecule has 0 atom stereocenters. The van der Waals surface area contributed by atoms with E-state index in [0.717, 1.165) is 43.5 Å². The summed E-state index contributed by atoms with van der Waals surface area (Å²) in [6.07, 6.45) is 3.26. The van der Waals surface area contributed by atoms with Crippen molar-refractivity contribution < 1.29 is 21.8 Å². The van der Waals surface area contributed by atoms with Gasteiger partial charge in [-0.05, 0) is 43.2 Å². The molecule has 4 rings (SSSR count). The van der Waals surface area contributed by atoms with E-state index in [0.29, 0.717) is 47.3 Å². The molecule has 0 aliphatic carbocycles. The molecule has 2 aliphatic heterocycles. The summed E-state index contributed by atoms with van der Waals surface area (Å²) >= 11 is 12.4. The molecule has 2 saturated heterocycles. The largest absolute Gasteiger partial charge is 0.490 e. The Balaban J connectivity index is 1.53. The van der Waals surface area contributed by atoms with E-state index in [1.165, 1.54) is 0 Å². The number of hydrogen-bond donors (Lipinski definition) is 2. The summed E-state index contributed by atoms with van der Waals surface area (Å²) < 4.78 is 36.2. The highest BCUT2D eigenvalue weighted by atomic mass is 35.5. The molecule has 0 saturated carbocycles. The first-order valence-corrected chi connectivity index (χ1v) is 14.7. The molecule has 0 aromatic heterocycles. The number of ether oxygens (including phenoxy) is 1. The zero-order valence-corrected chi connectivity index (χ0v) is 23.1. The lowest BCUT2D eigenvalue weighted by Gasteiger charge is -2.47. The van der Waals surface area contributed by atoms with E-state index in [4.69, 9.17) is 27.9 Å². The molecule has 2 heterocycles. The summed E-state index contributed by atoms with van der Waals surface area (Å²) in [5.74, 6) is 0.0665. The number of benzene rings is 2. The van der Waals surface area contributed by atoms with Gasteiger partial charge in [-0.3, -0.25) is 4.79 Å². The fraction of sp³-hybridized carbons (Fsp3) is 0.500. The Labute approximate surface area is 223 Å². The molecule has 2 aromatic carbocycles. The number of nitrogens with one attached hydrogen (secondary N) is 2. The second-order valence-corrected chi connectivity index (χ2v) is 12.3. The van der Waals surface area contributed by atoms with Gasteiger partial charge in [0.15, 0.2) is 0 Å². The highest BCUT2D eigenvalue weighted by molar-refractivity contribution is 7.84. The van der Waals surface area contributed by atoms with Gasteiger partial charge in [0.1, 0.15) is 17.9 Å². The van der Waals surface area contributed by atoms with Gasteiger partial charge in [0.05, 0.1) is 23.1 Å². The first kappa shape index (κ1) is 27.2. The average Bonchev–Trinajstić information content (AvgIpc) is 2.89. The Bertz CT molecular complexity index is 1190. The summed E-state index contributed by atoms with van der Waals surface area (Å²) in [5, 5.41) is 4.25. The van der Waals surface area contributed by atoms with Gasteiger partial charge < -0.3 is 10.1 Å². The molecule has 2 N–H and O–H groups in total. The van der Waals surface area contributed by atoms with Gasteiger partial charge >= 0.3 is 10.2 Å². The van der Waals surface area contributed by atoms with Crippen LogP contribution in [0, 0.1) is 6.92 Å². The van der Waals surface area contributed by atoms with E-state index < -0.39 is 16.1 Å². The number of aryl methyl sites for hydroxylation is 1. The highest BCUT2D eigenvalue weighted by Gasteiger charge is 2.52. The fourth-order valence-corrected chi connectivity index (χ4v) is 7.47. The third-order valence-electron chi connectivity index (χ3n) is 7.54. The third kappa shape index (κ3) is 5.53. The van der Waals surface area contributed by atoms with Crippen LogP contribution in [0.15, 0.2) is 36.4 Å². The van der Waals surface area contributed by atoms with Crippen LogP contribution in [0.3, 0.4) is 0 Å². The number of carbonyl (C=O) groups excluding carboxylic acids is 1. The normalized spacial score (nSPS) is 23.3. The smallest absolute Gasteiger partial charge is 0.396 e. The Morgan fingerprint density at radius 1 is 1.06 bits per heavy atom. The van der Waals surface area contributed by atoms with Crippen molar-refractivity contribution in [3.63, 3.8) is 0 Å². The molecule has 2 aromatic rings. The average molecular weight is 556 g/mol. The Kier molecular flexibility index (Phi) is 8.52. The van der Waals surface area contributed by atoms with E-state index in [-0.39, 0.29) is 16.0 Å². The fourth-order valence-electron chi connectivity index (χ4n) is 5.28. The van der Waals surface area contributed by atoms with Gasteiger partial charge in [-0.2, -0.15) is 12.3 Å². The molecule has 7 nitrogen and oxygen atoms in total. The van der Waals surface area contributed by atoms with Gasteiger partial charge in [0.25, 0.3) is 5.91 Å². The molecular formula is C26H34Cl2N3O4S+. The zero-order chi connectivity index (χ0) is 25.9. The number of amides is 1. The monoisotopic (exact) mass is 554 g/mol. The van der Waals surface area contributed by atoms with Gasteiger partial charge in [0.2, 0.25) is 0 Å². The minimum Gasteiger partial charge on any atom is -0.490 e. The molecule has 0 bridgehead atoms. The maximum atomic E-state index is 13.9. The van der Waals surface area contributed by atoms with Crippen LogP contribution in [0.4, 0.5) is 0 Å². The number of rotatable bonds is 7. The van der Waals surface area contributed by atoms with Gasteiger partial charge in [-0.1, -0.05) is 42.3 Å². The van der Waals surface area contributed by atoms with E-state index in [2.05, 4.69) is 10.0 Å². The second kappa shape index (κ2) is 11.3. The minimum absolute atomic E-state index is 0.0910. The number of likely N-dealkylation sites (tertiary alicyclic amines) is 1. The molecule has 2 aliphatic rings. The highest BCUT2D eigenvalue weighted by Crippen LogP contribution is 2.36. The lowest BCUT2D eigenvalue weighted by molar-refractivity contribution is -0.841. The predicted octanol–water partition coefficient (Wildman–Crippen LogP) is 4.65. The van der Waals surface area contributed by atoms with E-state index in [1.54, 1.807) is 24.3 Å². The summed E-state index contributed by atoms with van der Waals surface area (Å²) in [6, 6.07) is 10.5. The lowest BCUT2D eigenvalue weighted by Crippen LogP contribution is -2.68. The maximum Gasteiger partial charge on any atom is 0.396 e. The molecule has 36 heavy (non-hydrogen) atoms. The van der Waals surface area contributed by atoms with Crippen LogP contribution < -0.4 is 14.8 Å². The van der Waals surface area contributed by atoms with Crippen molar-refractivity contribution in [2.24, 2.45) is 0 Å². The number of carbonyl (C=O) groups is 1. The van der Waals surface area contributed by atoms with Crippen LogP contribution in [-0.2, 0) is 16.6 Å². The SMILES string of the molecule is CCc1ccc(C(=O)NS(=O)(=O)[N+]2(C3CCNCC3)CCC(Oc3ccc(Cl)c(Cl)c3C)CC2)cc1. The van der Waals surface area contributed by atoms with E-state index in [9.17, 15) is 13.2 Å². The Hall–Kier alpha value is -1.84. The van der Waals surface area contributed by atoms with Crippen LogP contribution >= 0.6 is 23.2 Å². The van der Waals surface area contributed by atoms with Gasteiger partial charge in [-0.25, -0.2) is 4.72 Å². The van der Waals surface area contributed by atoms with Crippen LogP contribution in [0.25, 0.3) is 0 Å². The molecular weight excluding hydrogens is 521 g/mol. The van der Waals surface area contributed by atoms with Crippen molar-refractivity contribution in [2.75, 3.05) is 26.2 Å². The molecule has 10 heteroatoms. The number of piperidine rings is 2. The van der Waals surface area contributed by atoms with Crippen molar-refractivity contribution in [3.8, 4) is 5.75 Å². The summed E-state index contributed by atoms with van der Waals surface area (Å²) in [5.41, 5.74) is 2.20. The van der Waals surface area contributed by atoms with Crippen molar-refractivity contribution in [1.29, 1.82) is 0 Å². The zero-order valence-electron chi connectivity index (χ0n) is 20.7. The number of hydrogen-bond acceptors (Lipinski definition) is 5. The van der Waals surface area contributed by atoms with E-state index >= 15 is 0 Å². The first-order chi connectivity index (χ1) is 17.2. The molecule has 0 unspecified atom stereocenters. The standard InChI is InChI=1S/C26H33Cl2N3O4S/c1-3-19-4-6-20(7-5-19)26(32)30-36(33,34)31(21-10-14-29-15-11-21)16-12-22(13-17-31)35-24-9-8-23(27)25(28)18(24)2/h4-9,21-22,29H,3,10-17H2,1-2H3/p+1. The quantitative estimate of drug-likeness (QED) is 0.486. The third-order valence-corrected chi connectivity index (χ3v) is 10.5. The lowest BCUT2D eigenvalue weighted by atomic mass is 9.99. The molecule has 0 spiro atoms. The first-order valence-electron chi connectivity index (χ1n) is 12.5. The van der Waals surface area contributed by atoms with Crippen LogP contribution in [0.2, 0.25) is 10.0 Å². The summed E-state index contributed by atoms with van der Waals surface area (Å²) in [6.45, 7) is 6.14. The van der Waals surface area contributed by atoms with Crippen molar-refractivity contribution >= 4 is 39.3 Å². The molecule has 2 fully saturated rings. The van der Waals surface area contributed by atoms with Crippen molar-refractivity contribution in [2.45, 2.75) is 58.1 Å².